The highest BCUT2D eigenvalue weighted by Gasteiger charge is 2.26. The van der Waals surface area contributed by atoms with Crippen molar-refractivity contribution in [2.75, 3.05) is 24.0 Å². The van der Waals surface area contributed by atoms with Gasteiger partial charge in [-0.1, -0.05) is 121 Å². The van der Waals surface area contributed by atoms with Gasteiger partial charge in [0.25, 0.3) is 0 Å². The van der Waals surface area contributed by atoms with Gasteiger partial charge in [-0.15, -0.1) is 0 Å². The summed E-state index contributed by atoms with van der Waals surface area (Å²) in [5.41, 5.74) is 9.29. The van der Waals surface area contributed by atoms with E-state index in [1.165, 1.54) is 32.3 Å². The Balaban J connectivity index is 1.02. The molecule has 0 aliphatic heterocycles. The molecule has 0 unspecified atom stereocenters. The lowest BCUT2D eigenvalue weighted by Gasteiger charge is -2.29. The zero-order chi connectivity index (χ0) is 45.0. The number of methoxy groups -OCH3 is 2. The SMILES string of the molecule is COc1ccc(N(c2ccc3ccc4c(N(c5ccc(OC)cc5)c5cccc6c5oc5ccc7ccccc7c56)ccc5ccc2c3c54)c2cccc3c2oc2ccc4ccccc4c23)cc1. The summed E-state index contributed by atoms with van der Waals surface area (Å²) in [4.78, 5) is 4.68. The van der Waals surface area contributed by atoms with Crippen molar-refractivity contribution in [3.05, 3.63) is 206 Å². The number of nitrogens with zero attached hydrogens (tertiary/aromatic N) is 2. The molecule has 0 spiro atoms. The fourth-order valence-electron chi connectivity index (χ4n) is 10.9. The number of rotatable bonds is 8. The Labute approximate surface area is 390 Å². The van der Waals surface area contributed by atoms with Gasteiger partial charge in [0.05, 0.1) is 37.0 Å². The van der Waals surface area contributed by atoms with Crippen molar-refractivity contribution < 1.29 is 18.3 Å². The Morgan fingerprint density at radius 3 is 1.13 bits per heavy atom. The van der Waals surface area contributed by atoms with E-state index in [9.17, 15) is 0 Å². The maximum atomic E-state index is 6.91. The fourth-order valence-corrected chi connectivity index (χ4v) is 10.9. The number of hydrogen-bond donors (Lipinski definition) is 0. The number of anilines is 6. The smallest absolute Gasteiger partial charge is 0.159 e. The molecule has 0 bridgehead atoms. The van der Waals surface area contributed by atoms with E-state index < -0.39 is 0 Å². The normalized spacial score (nSPS) is 12.0. The van der Waals surface area contributed by atoms with E-state index in [0.717, 1.165) is 111 Å². The molecule has 0 N–H and O–H groups in total. The molecule has 68 heavy (non-hydrogen) atoms. The van der Waals surface area contributed by atoms with Gasteiger partial charge in [0.2, 0.25) is 0 Å². The van der Waals surface area contributed by atoms with Crippen LogP contribution < -0.4 is 19.3 Å². The van der Waals surface area contributed by atoms with Gasteiger partial charge in [0, 0.05) is 43.7 Å². The first-order valence-electron chi connectivity index (χ1n) is 22.9. The molecule has 0 fully saturated rings. The van der Waals surface area contributed by atoms with Gasteiger partial charge >= 0.3 is 0 Å². The minimum absolute atomic E-state index is 0.790. The van der Waals surface area contributed by atoms with Crippen LogP contribution in [0.1, 0.15) is 0 Å². The molecule has 12 aromatic carbocycles. The van der Waals surface area contributed by atoms with Crippen molar-refractivity contribution in [3.8, 4) is 11.5 Å². The van der Waals surface area contributed by atoms with Crippen LogP contribution in [-0.4, -0.2) is 14.2 Å². The second-order valence-electron chi connectivity index (χ2n) is 17.5. The van der Waals surface area contributed by atoms with Gasteiger partial charge in [0.1, 0.15) is 22.7 Å². The standard InChI is InChI=1S/C62H40N2O4/c1-65-43-27-23-41(24-28-43)63(53-15-7-13-49-59-45-11-5-3-9-37(45)21-35-55(59)67-61(49)53)51-33-19-39-18-32-48-52(34-20-40-17-31-47(51)57(39)58(40)48)64(42-25-29-44(66-2)30-26-42)54-16-8-14-50-60-46-12-6-4-10-38(46)22-36-56(60)68-62(50)54/h3-36H,1-2H3. The predicted molar refractivity (Wildman–Crippen MR) is 282 cm³/mol. The largest absolute Gasteiger partial charge is 0.497 e. The summed E-state index contributed by atoms with van der Waals surface area (Å²) in [7, 11) is 3.41. The predicted octanol–water partition coefficient (Wildman–Crippen LogP) is 17.6. The molecular formula is C62H40N2O4. The minimum Gasteiger partial charge on any atom is -0.497 e. The number of benzene rings is 12. The summed E-state index contributed by atoms with van der Waals surface area (Å²) in [6.45, 7) is 0. The first kappa shape index (κ1) is 38.3. The van der Waals surface area contributed by atoms with Crippen LogP contribution in [0.2, 0.25) is 0 Å². The van der Waals surface area contributed by atoms with Crippen molar-refractivity contribution in [1.29, 1.82) is 0 Å². The summed E-state index contributed by atoms with van der Waals surface area (Å²) in [5, 5.41) is 16.0. The maximum Gasteiger partial charge on any atom is 0.159 e. The molecule has 0 atom stereocenters. The van der Waals surface area contributed by atoms with Crippen LogP contribution in [0.4, 0.5) is 34.1 Å². The fraction of sp³-hybridized carbons (Fsp3) is 0.0323. The number of furan rings is 2. The van der Waals surface area contributed by atoms with E-state index in [2.05, 4.69) is 192 Å². The Bertz CT molecular complexity index is 4020. The highest BCUT2D eigenvalue weighted by Crippen LogP contribution is 2.51. The van der Waals surface area contributed by atoms with E-state index in [4.69, 9.17) is 18.3 Å². The van der Waals surface area contributed by atoms with Crippen LogP contribution in [0, 0.1) is 0 Å². The third kappa shape index (κ3) is 5.58. The molecule has 14 aromatic rings. The molecule has 6 nitrogen and oxygen atoms in total. The van der Waals surface area contributed by atoms with Crippen LogP contribution in [0.5, 0.6) is 11.5 Å². The number of hydrogen-bond acceptors (Lipinski definition) is 6. The average Bonchev–Trinajstić information content (AvgIpc) is 3.99. The third-order valence-electron chi connectivity index (χ3n) is 14.0. The van der Waals surface area contributed by atoms with Gasteiger partial charge < -0.3 is 28.1 Å². The van der Waals surface area contributed by atoms with E-state index in [1.807, 2.05) is 24.3 Å². The van der Waals surface area contributed by atoms with Crippen molar-refractivity contribution in [2.24, 2.45) is 0 Å². The minimum atomic E-state index is 0.790. The van der Waals surface area contributed by atoms with Gasteiger partial charge in [-0.2, -0.15) is 0 Å². The van der Waals surface area contributed by atoms with E-state index in [-0.39, 0.29) is 0 Å². The summed E-state index contributed by atoms with van der Waals surface area (Å²) >= 11 is 0. The monoisotopic (exact) mass is 876 g/mol. The highest BCUT2D eigenvalue weighted by atomic mass is 16.5. The first-order chi connectivity index (χ1) is 33.6. The summed E-state index contributed by atoms with van der Waals surface area (Å²) in [5.74, 6) is 1.58. The van der Waals surface area contributed by atoms with Crippen LogP contribution in [0.15, 0.2) is 215 Å². The Morgan fingerprint density at radius 2 is 0.691 bits per heavy atom. The zero-order valence-corrected chi connectivity index (χ0v) is 37.2. The number of fused-ring (bicyclic) bond motifs is 10. The van der Waals surface area contributed by atoms with Gasteiger partial charge in [-0.3, -0.25) is 0 Å². The Kier molecular flexibility index (Phi) is 8.31. The molecule has 2 heterocycles. The number of ether oxygens (including phenoxy) is 2. The summed E-state index contributed by atoms with van der Waals surface area (Å²) < 4.78 is 25.2. The van der Waals surface area contributed by atoms with Crippen LogP contribution in [-0.2, 0) is 0 Å². The van der Waals surface area contributed by atoms with Crippen molar-refractivity contribution in [3.63, 3.8) is 0 Å². The quantitative estimate of drug-likeness (QED) is 0.142. The van der Waals surface area contributed by atoms with Gasteiger partial charge in [-0.25, -0.2) is 0 Å². The third-order valence-corrected chi connectivity index (χ3v) is 14.0. The average molecular weight is 877 g/mol. The van der Waals surface area contributed by atoms with E-state index >= 15 is 0 Å². The maximum absolute atomic E-state index is 6.91. The molecular weight excluding hydrogens is 837 g/mol. The number of para-hydroxylation sites is 2. The van der Waals surface area contributed by atoms with Gasteiger partial charge in [0.15, 0.2) is 11.2 Å². The van der Waals surface area contributed by atoms with E-state index in [0.29, 0.717) is 0 Å². The van der Waals surface area contributed by atoms with Crippen molar-refractivity contribution in [1.82, 2.24) is 0 Å². The lowest BCUT2D eigenvalue weighted by molar-refractivity contribution is 0.414. The van der Waals surface area contributed by atoms with Crippen LogP contribution in [0.25, 0.3) is 97.7 Å². The summed E-state index contributed by atoms with van der Waals surface area (Å²) in [6, 6.07) is 73.2. The lowest BCUT2D eigenvalue weighted by Crippen LogP contribution is -2.12. The highest BCUT2D eigenvalue weighted by molar-refractivity contribution is 6.29. The molecule has 6 heteroatoms. The molecule has 0 saturated heterocycles. The molecule has 0 aliphatic carbocycles. The van der Waals surface area contributed by atoms with Crippen molar-refractivity contribution in [2.45, 2.75) is 0 Å². The molecule has 2 aromatic heterocycles. The molecule has 322 valence electrons. The molecule has 0 saturated carbocycles. The Morgan fingerprint density at radius 1 is 0.294 bits per heavy atom. The van der Waals surface area contributed by atoms with Crippen LogP contribution in [0.3, 0.4) is 0 Å². The topological polar surface area (TPSA) is 51.2 Å². The second kappa shape index (κ2) is 14.8. The summed E-state index contributed by atoms with van der Waals surface area (Å²) in [6.07, 6.45) is 0. The van der Waals surface area contributed by atoms with Crippen molar-refractivity contribution >= 4 is 132 Å². The van der Waals surface area contributed by atoms with E-state index in [1.54, 1.807) is 14.2 Å². The second-order valence-corrected chi connectivity index (χ2v) is 17.5. The molecule has 0 radical (unpaired) electrons. The lowest BCUT2D eigenvalue weighted by atomic mass is 9.91. The Hall–Kier alpha value is -9.00. The zero-order valence-electron chi connectivity index (χ0n) is 37.2. The molecule has 0 amide bonds. The molecule has 0 aliphatic rings. The van der Waals surface area contributed by atoms with Gasteiger partial charge in [-0.05, 0) is 128 Å². The van der Waals surface area contributed by atoms with Crippen LogP contribution >= 0.6 is 0 Å². The molecule has 14 rings (SSSR count). The first-order valence-corrected chi connectivity index (χ1v) is 22.9.